The molecule has 0 aromatic carbocycles. The van der Waals surface area contributed by atoms with Gasteiger partial charge < -0.3 is 14.6 Å². The van der Waals surface area contributed by atoms with Crippen molar-refractivity contribution in [2.45, 2.75) is 32.2 Å². The fourth-order valence-corrected chi connectivity index (χ4v) is 2.82. The molecule has 0 radical (unpaired) electrons. The van der Waals surface area contributed by atoms with Crippen molar-refractivity contribution in [2.75, 3.05) is 13.1 Å². The fourth-order valence-electron chi connectivity index (χ4n) is 2.82. The van der Waals surface area contributed by atoms with Crippen LogP contribution in [0.2, 0.25) is 0 Å². The Morgan fingerprint density at radius 3 is 2.75 bits per heavy atom. The average molecular weight is 276 g/mol. The summed E-state index contributed by atoms with van der Waals surface area (Å²) in [5.41, 5.74) is 0. The zero-order valence-electron chi connectivity index (χ0n) is 11.5. The van der Waals surface area contributed by atoms with Gasteiger partial charge >= 0.3 is 0 Å². The predicted molar refractivity (Wildman–Crippen MR) is 72.6 cm³/mol. The SMILES string of the molecule is O=C(NCc1ccco1)C1CC1C(=O)N1CCCCC1. The first-order chi connectivity index (χ1) is 9.75. The smallest absolute Gasteiger partial charge is 0.226 e. The van der Waals surface area contributed by atoms with Crippen LogP contribution in [0.25, 0.3) is 0 Å². The van der Waals surface area contributed by atoms with E-state index in [-0.39, 0.29) is 23.7 Å². The van der Waals surface area contributed by atoms with E-state index in [1.54, 1.807) is 12.3 Å². The molecule has 0 bridgehead atoms. The molecule has 5 nitrogen and oxygen atoms in total. The molecular weight excluding hydrogens is 256 g/mol. The number of carbonyl (C=O) groups excluding carboxylic acids is 2. The van der Waals surface area contributed by atoms with E-state index in [1.807, 2.05) is 11.0 Å². The lowest BCUT2D eigenvalue weighted by Gasteiger charge is -2.26. The Morgan fingerprint density at radius 2 is 2.05 bits per heavy atom. The van der Waals surface area contributed by atoms with Crippen molar-refractivity contribution in [3.8, 4) is 0 Å². The molecule has 108 valence electrons. The summed E-state index contributed by atoms with van der Waals surface area (Å²) < 4.78 is 5.16. The van der Waals surface area contributed by atoms with Gasteiger partial charge in [-0.3, -0.25) is 9.59 Å². The van der Waals surface area contributed by atoms with Gasteiger partial charge in [-0.15, -0.1) is 0 Å². The molecule has 3 rings (SSSR count). The van der Waals surface area contributed by atoms with Crippen LogP contribution in [-0.4, -0.2) is 29.8 Å². The minimum Gasteiger partial charge on any atom is -0.467 e. The number of carbonyl (C=O) groups is 2. The van der Waals surface area contributed by atoms with E-state index in [4.69, 9.17) is 4.42 Å². The minimum absolute atomic E-state index is 0.0308. The van der Waals surface area contributed by atoms with Crippen LogP contribution in [0, 0.1) is 11.8 Å². The van der Waals surface area contributed by atoms with E-state index in [0.29, 0.717) is 13.0 Å². The normalized spacial score (nSPS) is 25.3. The number of hydrogen-bond donors (Lipinski definition) is 1. The second-order valence-corrected chi connectivity index (χ2v) is 5.63. The molecule has 1 saturated heterocycles. The van der Waals surface area contributed by atoms with E-state index in [2.05, 4.69) is 5.32 Å². The largest absolute Gasteiger partial charge is 0.467 e. The van der Waals surface area contributed by atoms with E-state index < -0.39 is 0 Å². The lowest BCUT2D eigenvalue weighted by atomic mass is 10.1. The number of likely N-dealkylation sites (tertiary alicyclic amines) is 1. The highest BCUT2D eigenvalue weighted by atomic mass is 16.3. The summed E-state index contributed by atoms with van der Waals surface area (Å²) in [6.45, 7) is 2.11. The summed E-state index contributed by atoms with van der Waals surface area (Å²) in [5.74, 6) is 0.640. The zero-order chi connectivity index (χ0) is 13.9. The zero-order valence-corrected chi connectivity index (χ0v) is 11.5. The first-order valence-electron chi connectivity index (χ1n) is 7.34. The lowest BCUT2D eigenvalue weighted by molar-refractivity contribution is -0.135. The molecule has 1 aliphatic carbocycles. The summed E-state index contributed by atoms with van der Waals surface area (Å²) in [6, 6.07) is 3.62. The van der Waals surface area contributed by atoms with Gasteiger partial charge in [0.25, 0.3) is 0 Å². The molecule has 1 aliphatic heterocycles. The average Bonchev–Trinajstić information content (AvgIpc) is 3.12. The molecule has 2 atom stereocenters. The minimum atomic E-state index is -0.139. The second kappa shape index (κ2) is 5.69. The van der Waals surface area contributed by atoms with Crippen molar-refractivity contribution >= 4 is 11.8 Å². The molecule has 2 unspecified atom stereocenters. The lowest BCUT2D eigenvalue weighted by Crippen LogP contribution is -2.37. The van der Waals surface area contributed by atoms with Crippen molar-refractivity contribution in [1.29, 1.82) is 0 Å². The molecule has 2 amide bonds. The first kappa shape index (κ1) is 13.2. The third kappa shape index (κ3) is 2.86. The summed E-state index contributed by atoms with van der Waals surface area (Å²) in [7, 11) is 0. The number of hydrogen-bond acceptors (Lipinski definition) is 3. The topological polar surface area (TPSA) is 62.6 Å². The molecule has 1 N–H and O–H groups in total. The van der Waals surface area contributed by atoms with Crippen LogP contribution < -0.4 is 5.32 Å². The van der Waals surface area contributed by atoms with Crippen molar-refractivity contribution in [3.63, 3.8) is 0 Å². The fraction of sp³-hybridized carbons (Fsp3) is 0.600. The Hall–Kier alpha value is -1.78. The van der Waals surface area contributed by atoms with Crippen LogP contribution in [0.4, 0.5) is 0 Å². The Balaban J connectivity index is 1.45. The highest BCUT2D eigenvalue weighted by Crippen LogP contribution is 2.40. The highest BCUT2D eigenvalue weighted by molar-refractivity contribution is 5.92. The molecule has 1 aromatic heterocycles. The van der Waals surface area contributed by atoms with Crippen LogP contribution in [0.15, 0.2) is 22.8 Å². The Morgan fingerprint density at radius 1 is 1.25 bits per heavy atom. The molecule has 2 heterocycles. The maximum absolute atomic E-state index is 12.2. The summed E-state index contributed by atoms with van der Waals surface area (Å²) >= 11 is 0. The molecule has 2 aliphatic rings. The number of amides is 2. The monoisotopic (exact) mass is 276 g/mol. The van der Waals surface area contributed by atoms with Crippen LogP contribution in [0.3, 0.4) is 0 Å². The van der Waals surface area contributed by atoms with Gasteiger partial charge in [0.2, 0.25) is 11.8 Å². The van der Waals surface area contributed by atoms with E-state index in [1.165, 1.54) is 6.42 Å². The van der Waals surface area contributed by atoms with E-state index in [0.717, 1.165) is 31.7 Å². The van der Waals surface area contributed by atoms with Crippen LogP contribution >= 0.6 is 0 Å². The molecule has 1 saturated carbocycles. The van der Waals surface area contributed by atoms with Gasteiger partial charge in [0.1, 0.15) is 5.76 Å². The number of furan rings is 1. The molecule has 20 heavy (non-hydrogen) atoms. The summed E-state index contributed by atoms with van der Waals surface area (Å²) in [4.78, 5) is 26.1. The predicted octanol–water partition coefficient (Wildman–Crippen LogP) is 1.54. The van der Waals surface area contributed by atoms with Gasteiger partial charge in [0.15, 0.2) is 0 Å². The maximum atomic E-state index is 12.2. The van der Waals surface area contributed by atoms with Crippen molar-refractivity contribution in [1.82, 2.24) is 10.2 Å². The van der Waals surface area contributed by atoms with Crippen molar-refractivity contribution in [3.05, 3.63) is 24.2 Å². The van der Waals surface area contributed by atoms with Crippen LogP contribution in [0.1, 0.15) is 31.4 Å². The standard InChI is InChI=1S/C15H20N2O3/c18-14(16-10-11-5-4-8-20-11)12-9-13(12)15(19)17-6-2-1-3-7-17/h4-5,8,12-13H,1-3,6-7,9-10H2,(H,16,18). The van der Waals surface area contributed by atoms with Gasteiger partial charge in [-0.25, -0.2) is 0 Å². The number of nitrogens with one attached hydrogen (secondary N) is 1. The van der Waals surface area contributed by atoms with Crippen molar-refractivity contribution < 1.29 is 14.0 Å². The Labute approximate surface area is 118 Å². The molecule has 5 heteroatoms. The van der Waals surface area contributed by atoms with Gasteiger partial charge in [-0.2, -0.15) is 0 Å². The highest BCUT2D eigenvalue weighted by Gasteiger charge is 2.49. The van der Waals surface area contributed by atoms with Crippen molar-refractivity contribution in [2.24, 2.45) is 11.8 Å². The molecule has 0 spiro atoms. The molecular formula is C15H20N2O3. The summed E-state index contributed by atoms with van der Waals surface area (Å²) in [5, 5.41) is 2.83. The van der Waals surface area contributed by atoms with E-state index >= 15 is 0 Å². The third-order valence-corrected chi connectivity index (χ3v) is 4.13. The first-order valence-corrected chi connectivity index (χ1v) is 7.34. The van der Waals surface area contributed by atoms with Gasteiger partial charge in [-0.1, -0.05) is 0 Å². The summed E-state index contributed by atoms with van der Waals surface area (Å²) in [6.07, 6.45) is 5.67. The number of rotatable bonds is 4. The maximum Gasteiger partial charge on any atom is 0.226 e. The molecule has 2 fully saturated rings. The second-order valence-electron chi connectivity index (χ2n) is 5.63. The Bertz CT molecular complexity index is 477. The van der Waals surface area contributed by atoms with Gasteiger partial charge in [0.05, 0.1) is 24.6 Å². The number of nitrogens with zero attached hydrogens (tertiary/aromatic N) is 1. The number of piperidine rings is 1. The van der Waals surface area contributed by atoms with Crippen LogP contribution in [0.5, 0.6) is 0 Å². The third-order valence-electron chi connectivity index (χ3n) is 4.13. The quantitative estimate of drug-likeness (QED) is 0.907. The Kier molecular flexibility index (Phi) is 3.76. The van der Waals surface area contributed by atoms with Gasteiger partial charge in [-0.05, 0) is 37.8 Å². The van der Waals surface area contributed by atoms with Gasteiger partial charge in [0, 0.05) is 13.1 Å². The van der Waals surface area contributed by atoms with E-state index in [9.17, 15) is 9.59 Å². The van der Waals surface area contributed by atoms with Crippen LogP contribution in [-0.2, 0) is 16.1 Å². The molecule has 1 aromatic rings.